The number of hydrogen-bond acceptors (Lipinski definition) is 9. The molecule has 0 spiro atoms. The monoisotopic (exact) mass is 582 g/mol. The van der Waals surface area contributed by atoms with E-state index in [9.17, 15) is 10.1 Å². The third-order valence-electron chi connectivity index (χ3n) is 5.83. The first-order chi connectivity index (χ1) is 19.5. The van der Waals surface area contributed by atoms with Crippen molar-refractivity contribution in [2.75, 3.05) is 0 Å². The van der Waals surface area contributed by atoms with Gasteiger partial charge in [-0.05, 0) is 46.4 Å². The molecule has 0 aliphatic carbocycles. The highest BCUT2D eigenvalue weighted by molar-refractivity contribution is 8.01. The number of nitrogens with zero attached hydrogens (tertiary/aromatic N) is 5. The molecule has 2 aromatic carbocycles. The summed E-state index contributed by atoms with van der Waals surface area (Å²) < 4.78 is 1.19. The number of H-pyrrole nitrogens is 3. The zero-order valence-electron chi connectivity index (χ0n) is 20.4. The van der Waals surface area contributed by atoms with E-state index >= 15 is 0 Å². The second-order valence-corrected chi connectivity index (χ2v) is 11.0. The molecule has 3 N–H and O–H groups in total. The SMILES string of the molecule is O=[N+]([O-])c1cnc(Sc2ncnc3[nH]c(-c4ccccc4)cc23)s1.S=c1nc[nH]c2[nH]c(-c3ccccc3)cc12. The van der Waals surface area contributed by atoms with Gasteiger partial charge in [-0.3, -0.25) is 10.1 Å². The zero-order valence-corrected chi connectivity index (χ0v) is 22.9. The molecule has 0 radical (unpaired) electrons. The van der Waals surface area contributed by atoms with Crippen LogP contribution in [0.4, 0.5) is 5.00 Å². The second kappa shape index (κ2) is 11.2. The Labute approximate surface area is 239 Å². The van der Waals surface area contributed by atoms with Gasteiger partial charge in [0.25, 0.3) is 0 Å². The molecule has 0 aliphatic rings. The molecular weight excluding hydrogens is 565 g/mol. The van der Waals surface area contributed by atoms with Crippen LogP contribution in [0.5, 0.6) is 0 Å². The summed E-state index contributed by atoms with van der Waals surface area (Å²) in [6.07, 6.45) is 4.34. The predicted octanol–water partition coefficient (Wildman–Crippen LogP) is 7.43. The summed E-state index contributed by atoms with van der Waals surface area (Å²) in [5.74, 6) is 0. The molecule has 196 valence electrons. The number of nitro groups is 1. The Bertz CT molecular complexity index is 2000. The molecule has 0 unspecified atom stereocenters. The lowest BCUT2D eigenvalue weighted by Gasteiger charge is -1.97. The summed E-state index contributed by atoms with van der Waals surface area (Å²) in [6.45, 7) is 0. The van der Waals surface area contributed by atoms with Crippen molar-refractivity contribution in [1.29, 1.82) is 0 Å². The van der Waals surface area contributed by atoms with E-state index < -0.39 is 4.92 Å². The third-order valence-corrected chi connectivity index (χ3v) is 8.20. The van der Waals surface area contributed by atoms with Crippen molar-refractivity contribution in [3.8, 4) is 22.5 Å². The van der Waals surface area contributed by atoms with Gasteiger partial charge < -0.3 is 15.0 Å². The minimum absolute atomic E-state index is 0.0156. The molecule has 7 aromatic rings. The van der Waals surface area contributed by atoms with Crippen LogP contribution in [-0.4, -0.2) is 39.8 Å². The molecule has 5 aromatic heterocycles. The van der Waals surface area contributed by atoms with Gasteiger partial charge in [-0.15, -0.1) is 0 Å². The Morgan fingerprint density at radius 2 is 1.52 bits per heavy atom. The largest absolute Gasteiger partial charge is 0.344 e. The lowest BCUT2D eigenvalue weighted by atomic mass is 10.1. The summed E-state index contributed by atoms with van der Waals surface area (Å²) in [5.41, 5.74) is 5.82. The number of thiazole rings is 1. The number of aromatic amines is 3. The maximum Gasteiger partial charge on any atom is 0.344 e. The van der Waals surface area contributed by atoms with Gasteiger partial charge in [0, 0.05) is 11.4 Å². The number of aromatic nitrogens is 7. The van der Waals surface area contributed by atoms with Crippen LogP contribution < -0.4 is 0 Å². The van der Waals surface area contributed by atoms with Crippen LogP contribution >= 0.6 is 35.3 Å². The van der Waals surface area contributed by atoms with E-state index in [1.807, 2.05) is 60.7 Å². The highest BCUT2D eigenvalue weighted by atomic mass is 32.2. The van der Waals surface area contributed by atoms with Crippen molar-refractivity contribution in [3.05, 3.63) is 106 Å². The van der Waals surface area contributed by atoms with Crippen molar-refractivity contribution in [2.45, 2.75) is 9.37 Å². The Hall–Kier alpha value is -4.72. The molecule has 0 bridgehead atoms. The Morgan fingerprint density at radius 3 is 2.17 bits per heavy atom. The smallest absolute Gasteiger partial charge is 0.341 e. The van der Waals surface area contributed by atoms with Crippen molar-refractivity contribution in [3.63, 3.8) is 0 Å². The Morgan fingerprint density at radius 1 is 0.850 bits per heavy atom. The van der Waals surface area contributed by atoms with Crippen molar-refractivity contribution >= 4 is 62.4 Å². The molecule has 7 rings (SSSR count). The molecular formula is C27H18N8O2S3. The van der Waals surface area contributed by atoms with Gasteiger partial charge in [0.1, 0.15) is 33.5 Å². The van der Waals surface area contributed by atoms with E-state index in [-0.39, 0.29) is 5.00 Å². The van der Waals surface area contributed by atoms with Gasteiger partial charge in [0.2, 0.25) is 0 Å². The topological polar surface area (TPSA) is 142 Å². The normalized spacial score (nSPS) is 10.9. The standard InChI is InChI=1S/C15H9N5O2S2.C12H9N3S/c21-20(22)12-7-16-15(23-12)24-14-10-6-11(9-4-2-1-3-5-9)19-13(10)17-8-18-14;16-12-9-6-10(8-4-2-1-3-5-8)15-11(9)13-7-14-12/h1-8H,(H,17,18,19);1-7H,(H2,13,14,15,16). The van der Waals surface area contributed by atoms with Crippen LogP contribution in [0.15, 0.2) is 101 Å². The first-order valence-electron chi connectivity index (χ1n) is 11.8. The average molecular weight is 583 g/mol. The van der Waals surface area contributed by atoms with Gasteiger partial charge in [-0.2, -0.15) is 0 Å². The van der Waals surface area contributed by atoms with Crippen molar-refractivity contribution < 1.29 is 4.92 Å². The minimum atomic E-state index is -0.443. The highest BCUT2D eigenvalue weighted by Crippen LogP contribution is 2.37. The average Bonchev–Trinajstić information content (AvgIpc) is 3.74. The van der Waals surface area contributed by atoms with Crippen molar-refractivity contribution in [1.82, 2.24) is 34.9 Å². The van der Waals surface area contributed by atoms with E-state index in [1.165, 1.54) is 24.3 Å². The number of rotatable bonds is 5. The number of hydrogen-bond donors (Lipinski definition) is 3. The first-order valence-corrected chi connectivity index (χ1v) is 13.9. The predicted molar refractivity (Wildman–Crippen MR) is 159 cm³/mol. The summed E-state index contributed by atoms with van der Waals surface area (Å²) in [6, 6.07) is 24.1. The Balaban J connectivity index is 0.000000157. The van der Waals surface area contributed by atoms with Crippen LogP contribution in [0.1, 0.15) is 0 Å². The number of fused-ring (bicyclic) bond motifs is 2. The Kier molecular flexibility index (Phi) is 7.14. The lowest BCUT2D eigenvalue weighted by Crippen LogP contribution is -1.84. The molecule has 13 heteroatoms. The lowest BCUT2D eigenvalue weighted by molar-refractivity contribution is -0.380. The van der Waals surface area contributed by atoms with Gasteiger partial charge in [-0.25, -0.2) is 19.9 Å². The molecule has 0 atom stereocenters. The van der Waals surface area contributed by atoms with Crippen LogP contribution in [0.3, 0.4) is 0 Å². The van der Waals surface area contributed by atoms with Gasteiger partial charge >= 0.3 is 5.00 Å². The molecule has 0 saturated carbocycles. The molecule has 5 heterocycles. The zero-order chi connectivity index (χ0) is 27.5. The van der Waals surface area contributed by atoms with E-state index in [0.29, 0.717) is 14.0 Å². The molecule has 0 aliphatic heterocycles. The fraction of sp³-hybridized carbons (Fsp3) is 0. The van der Waals surface area contributed by atoms with E-state index in [1.54, 1.807) is 6.33 Å². The summed E-state index contributed by atoms with van der Waals surface area (Å²) in [5, 5.41) is 13.3. The quantitative estimate of drug-likeness (QED) is 0.0823. The summed E-state index contributed by atoms with van der Waals surface area (Å²) >= 11 is 7.49. The summed E-state index contributed by atoms with van der Waals surface area (Å²) in [7, 11) is 0. The van der Waals surface area contributed by atoms with Gasteiger partial charge in [0.15, 0.2) is 4.34 Å². The minimum Gasteiger partial charge on any atom is -0.341 e. The molecule has 0 amide bonds. The van der Waals surface area contributed by atoms with Crippen molar-refractivity contribution in [2.24, 2.45) is 0 Å². The van der Waals surface area contributed by atoms with Gasteiger partial charge in [-0.1, -0.05) is 72.9 Å². The first kappa shape index (κ1) is 25.6. The fourth-order valence-corrected chi connectivity index (χ4v) is 5.95. The number of benzene rings is 2. The third kappa shape index (κ3) is 5.38. The molecule has 40 heavy (non-hydrogen) atoms. The van der Waals surface area contributed by atoms with E-state index in [2.05, 4.69) is 47.0 Å². The van der Waals surface area contributed by atoms with Crippen LogP contribution in [0, 0.1) is 14.8 Å². The van der Waals surface area contributed by atoms with Gasteiger partial charge in [0.05, 0.1) is 22.0 Å². The van der Waals surface area contributed by atoms with E-state index in [4.69, 9.17) is 12.2 Å². The summed E-state index contributed by atoms with van der Waals surface area (Å²) in [4.78, 5) is 36.6. The maximum atomic E-state index is 10.8. The molecule has 0 saturated heterocycles. The molecule has 0 fully saturated rings. The second-order valence-electron chi connectivity index (χ2n) is 8.36. The van der Waals surface area contributed by atoms with E-state index in [0.717, 1.165) is 55.9 Å². The highest BCUT2D eigenvalue weighted by Gasteiger charge is 2.16. The number of nitrogens with one attached hydrogen (secondary N) is 3. The van der Waals surface area contributed by atoms with Crippen LogP contribution in [0.2, 0.25) is 0 Å². The van der Waals surface area contributed by atoms with Crippen LogP contribution in [-0.2, 0) is 0 Å². The fourth-order valence-electron chi connectivity index (χ4n) is 3.97. The van der Waals surface area contributed by atoms with Crippen LogP contribution in [0.25, 0.3) is 44.6 Å². The maximum absolute atomic E-state index is 10.8. The molecule has 10 nitrogen and oxygen atoms in total.